The maximum Gasteiger partial charge on any atom is 0.220 e. The molecule has 0 saturated heterocycles. The molecule has 0 unspecified atom stereocenters. The number of aryl methyl sites for hydroxylation is 1. The van der Waals surface area contributed by atoms with Crippen LogP contribution >= 0.6 is 12.2 Å². The van der Waals surface area contributed by atoms with Gasteiger partial charge in [0.15, 0.2) is 5.69 Å². The van der Waals surface area contributed by atoms with Crippen LogP contribution in [0.5, 0.6) is 5.88 Å². The lowest BCUT2D eigenvalue weighted by Gasteiger charge is -2.02. The number of thiocarbonyl (C=S) groups is 1. The molecule has 0 fully saturated rings. The van der Waals surface area contributed by atoms with Gasteiger partial charge in [0.2, 0.25) is 11.0 Å². The van der Waals surface area contributed by atoms with Crippen molar-refractivity contribution in [2.45, 2.75) is 0 Å². The monoisotopic (exact) mass is 328 g/mol. The second kappa shape index (κ2) is 6.13. The van der Waals surface area contributed by atoms with E-state index in [1.807, 2.05) is 24.3 Å². The summed E-state index contributed by atoms with van der Waals surface area (Å²) in [5.74, 6) is -0.316. The van der Waals surface area contributed by atoms with Gasteiger partial charge in [-0.1, -0.05) is 18.2 Å². The highest BCUT2D eigenvalue weighted by Gasteiger charge is 2.13. The summed E-state index contributed by atoms with van der Waals surface area (Å²) in [6.07, 6.45) is 0. The van der Waals surface area contributed by atoms with Gasteiger partial charge in [-0.25, -0.2) is 4.39 Å². The van der Waals surface area contributed by atoms with E-state index in [-0.39, 0.29) is 16.8 Å². The number of para-hydroxylation sites is 1. The molecule has 7 heteroatoms. The predicted octanol–water partition coefficient (Wildman–Crippen LogP) is 4.50. The number of nitrogens with one attached hydrogen (secondary N) is 1. The molecule has 0 bridgehead atoms. The molecule has 0 aliphatic carbocycles. The summed E-state index contributed by atoms with van der Waals surface area (Å²) in [7, 11) is 1.74. The number of anilines is 1. The first-order valence-corrected chi connectivity index (χ1v) is 7.22. The van der Waals surface area contributed by atoms with Crippen LogP contribution < -0.4 is 5.32 Å². The van der Waals surface area contributed by atoms with E-state index >= 15 is 0 Å². The molecule has 0 aliphatic rings. The van der Waals surface area contributed by atoms with Gasteiger partial charge in [0.1, 0.15) is 5.82 Å². The highest BCUT2D eigenvalue weighted by molar-refractivity contribution is 7.80. The van der Waals surface area contributed by atoms with Crippen LogP contribution in [0, 0.1) is 5.82 Å². The Labute approximate surface area is 137 Å². The van der Waals surface area contributed by atoms with Crippen LogP contribution in [0.1, 0.15) is 0 Å². The summed E-state index contributed by atoms with van der Waals surface area (Å²) in [6.45, 7) is 0. The molecule has 5 nitrogen and oxygen atoms in total. The van der Waals surface area contributed by atoms with Crippen LogP contribution in [0.2, 0.25) is 0 Å². The normalized spacial score (nSPS) is 11.2. The van der Waals surface area contributed by atoms with Gasteiger partial charge in [0, 0.05) is 18.1 Å². The van der Waals surface area contributed by atoms with Crippen molar-refractivity contribution in [1.82, 2.24) is 4.57 Å². The Morgan fingerprint density at radius 2 is 1.87 bits per heavy atom. The summed E-state index contributed by atoms with van der Waals surface area (Å²) < 4.78 is 14.5. The van der Waals surface area contributed by atoms with E-state index in [2.05, 4.69) is 15.5 Å². The molecule has 0 saturated carbocycles. The number of aromatic nitrogens is 1. The zero-order valence-corrected chi connectivity index (χ0v) is 13.0. The molecule has 1 aromatic heterocycles. The maximum absolute atomic E-state index is 12.9. The maximum atomic E-state index is 12.9. The quantitative estimate of drug-likeness (QED) is 0.538. The van der Waals surface area contributed by atoms with Gasteiger partial charge in [0.05, 0.1) is 5.52 Å². The van der Waals surface area contributed by atoms with Crippen LogP contribution in [0.4, 0.5) is 15.8 Å². The number of nitrogens with zero attached hydrogens (tertiary/aromatic N) is 3. The number of hydrogen-bond donors (Lipinski definition) is 2. The molecule has 2 aromatic carbocycles. The lowest BCUT2D eigenvalue weighted by molar-refractivity contribution is 0.436. The van der Waals surface area contributed by atoms with Gasteiger partial charge in [-0.3, -0.25) is 0 Å². The number of rotatable bonds is 2. The van der Waals surface area contributed by atoms with Gasteiger partial charge < -0.3 is 15.0 Å². The molecule has 0 aliphatic heterocycles. The molecule has 1 heterocycles. The van der Waals surface area contributed by atoms with Crippen LogP contribution in [0.15, 0.2) is 58.8 Å². The van der Waals surface area contributed by atoms with E-state index in [9.17, 15) is 9.50 Å². The van der Waals surface area contributed by atoms with E-state index in [1.54, 1.807) is 23.7 Å². The minimum absolute atomic E-state index is 0.0135. The van der Waals surface area contributed by atoms with Crippen LogP contribution in [0.25, 0.3) is 10.9 Å². The third-order valence-corrected chi connectivity index (χ3v) is 3.57. The first kappa shape index (κ1) is 15.1. The Morgan fingerprint density at radius 1 is 1.17 bits per heavy atom. The van der Waals surface area contributed by atoms with E-state index in [4.69, 9.17) is 12.2 Å². The molecule has 0 atom stereocenters. The largest absolute Gasteiger partial charge is 0.493 e. The van der Waals surface area contributed by atoms with Crippen LogP contribution in [0.3, 0.4) is 0 Å². The van der Waals surface area contributed by atoms with Crippen molar-refractivity contribution >= 4 is 39.6 Å². The first-order chi connectivity index (χ1) is 11.1. The average molecular weight is 328 g/mol. The topological polar surface area (TPSA) is 61.9 Å². The van der Waals surface area contributed by atoms with Crippen molar-refractivity contribution in [2.75, 3.05) is 5.32 Å². The van der Waals surface area contributed by atoms with Gasteiger partial charge in [-0.15, -0.1) is 10.2 Å². The molecule has 3 rings (SSSR count). The third kappa shape index (κ3) is 3.04. The molecule has 23 heavy (non-hydrogen) atoms. The minimum Gasteiger partial charge on any atom is -0.493 e. The zero-order valence-electron chi connectivity index (χ0n) is 12.2. The van der Waals surface area contributed by atoms with Crippen LogP contribution in [-0.4, -0.2) is 14.8 Å². The highest BCUT2D eigenvalue weighted by atomic mass is 32.1. The zero-order chi connectivity index (χ0) is 16.4. The minimum atomic E-state index is -0.330. The Kier molecular flexibility index (Phi) is 4.03. The average Bonchev–Trinajstić information content (AvgIpc) is 2.80. The van der Waals surface area contributed by atoms with Crippen molar-refractivity contribution < 1.29 is 9.50 Å². The molecule has 0 amide bonds. The molecular formula is C16H13FN4OS. The lowest BCUT2D eigenvalue weighted by Crippen LogP contribution is -2.04. The second-order valence-corrected chi connectivity index (χ2v) is 5.27. The fraction of sp³-hybridized carbons (Fsp3) is 0.0625. The molecular weight excluding hydrogens is 315 g/mol. The van der Waals surface area contributed by atoms with Gasteiger partial charge in [0.25, 0.3) is 0 Å². The van der Waals surface area contributed by atoms with E-state index in [0.29, 0.717) is 11.4 Å². The highest BCUT2D eigenvalue weighted by Crippen LogP contribution is 2.37. The Hall–Kier alpha value is -2.80. The third-order valence-electron chi connectivity index (χ3n) is 3.39. The van der Waals surface area contributed by atoms with Crippen molar-refractivity contribution in [2.24, 2.45) is 17.3 Å². The number of hydrogen-bond acceptors (Lipinski definition) is 3. The Morgan fingerprint density at radius 3 is 2.61 bits per heavy atom. The summed E-state index contributed by atoms with van der Waals surface area (Å²) in [4.78, 5) is 0. The number of halogens is 1. The number of aromatic hydroxyl groups is 1. The SMILES string of the molecule is Cn1c(O)c(N=NC(=S)Nc2ccc(F)cc2)c2ccccc21. The smallest absolute Gasteiger partial charge is 0.220 e. The van der Waals surface area contributed by atoms with Gasteiger partial charge in [-0.05, 0) is 42.5 Å². The predicted molar refractivity (Wildman–Crippen MR) is 91.7 cm³/mol. The van der Waals surface area contributed by atoms with Crippen molar-refractivity contribution in [3.63, 3.8) is 0 Å². The van der Waals surface area contributed by atoms with Gasteiger partial charge >= 0.3 is 0 Å². The van der Waals surface area contributed by atoms with E-state index in [0.717, 1.165) is 10.9 Å². The first-order valence-electron chi connectivity index (χ1n) is 6.81. The summed E-state index contributed by atoms with van der Waals surface area (Å²) in [6, 6.07) is 13.2. The fourth-order valence-corrected chi connectivity index (χ4v) is 2.39. The second-order valence-electron chi connectivity index (χ2n) is 4.89. The molecule has 0 radical (unpaired) electrons. The van der Waals surface area contributed by atoms with Gasteiger partial charge in [-0.2, -0.15) is 0 Å². The molecule has 3 aromatic rings. The fourth-order valence-electron chi connectivity index (χ4n) is 2.24. The summed E-state index contributed by atoms with van der Waals surface area (Å²) in [5.41, 5.74) is 1.81. The van der Waals surface area contributed by atoms with E-state index < -0.39 is 0 Å². The lowest BCUT2D eigenvalue weighted by atomic mass is 10.2. The van der Waals surface area contributed by atoms with Crippen molar-refractivity contribution in [1.29, 1.82) is 0 Å². The van der Waals surface area contributed by atoms with Crippen molar-refractivity contribution in [3.05, 3.63) is 54.3 Å². The Balaban J connectivity index is 1.84. The summed E-state index contributed by atoms with van der Waals surface area (Å²) in [5, 5.41) is 21.8. The molecule has 116 valence electrons. The van der Waals surface area contributed by atoms with Crippen LogP contribution in [-0.2, 0) is 7.05 Å². The van der Waals surface area contributed by atoms with Crippen molar-refractivity contribution in [3.8, 4) is 5.88 Å². The number of azo groups is 1. The number of fused-ring (bicyclic) bond motifs is 1. The Bertz CT molecular complexity index is 902. The molecule has 0 spiro atoms. The van der Waals surface area contributed by atoms with E-state index in [1.165, 1.54) is 12.1 Å². The molecule has 2 N–H and O–H groups in total. The number of benzene rings is 2. The summed E-state index contributed by atoms with van der Waals surface area (Å²) >= 11 is 5.09. The standard InChI is InChI=1S/C16H13FN4OS/c1-21-13-5-3-2-4-12(13)14(15(21)22)19-20-16(23)18-11-8-6-10(17)7-9-11/h2-9,22H,1H3,(H,18,23).